The van der Waals surface area contributed by atoms with E-state index in [0.29, 0.717) is 15.8 Å². The fraction of sp³-hybridized carbons (Fsp3) is 0. The van der Waals surface area contributed by atoms with E-state index in [2.05, 4.69) is 4.98 Å². The van der Waals surface area contributed by atoms with Crippen LogP contribution in [0.5, 0.6) is 0 Å². The van der Waals surface area contributed by atoms with Gasteiger partial charge < -0.3 is 0 Å². The minimum Gasteiger partial charge on any atom is -0.288 e. The monoisotopic (exact) mass is 247 g/mol. The number of hydrogen-bond acceptors (Lipinski definition) is 3. The molecule has 0 spiro atoms. The van der Waals surface area contributed by atoms with Gasteiger partial charge in [-0.25, -0.2) is 4.98 Å². The Bertz CT molecular complexity index is 751. The van der Waals surface area contributed by atoms with Gasteiger partial charge in [0.15, 0.2) is 5.43 Å². The molecular formula is C12H6ClNOS. The van der Waals surface area contributed by atoms with Gasteiger partial charge in [0.2, 0.25) is 0 Å². The maximum Gasteiger partial charge on any atom is 0.197 e. The van der Waals surface area contributed by atoms with Gasteiger partial charge in [-0.15, -0.1) is 11.3 Å². The van der Waals surface area contributed by atoms with Crippen LogP contribution in [0.2, 0.25) is 5.02 Å². The standard InChI is InChI=1S/C12H6ClNOS/c13-9-5-1-3-7-10(15)8-4-2-6-14-12(8)16-11(7)9/h1-6H. The van der Waals surface area contributed by atoms with Crippen LogP contribution in [-0.2, 0) is 0 Å². The summed E-state index contributed by atoms with van der Waals surface area (Å²) in [5.74, 6) is 0. The van der Waals surface area contributed by atoms with Crippen molar-refractivity contribution < 1.29 is 0 Å². The van der Waals surface area contributed by atoms with Crippen molar-refractivity contribution in [1.29, 1.82) is 0 Å². The molecule has 1 aromatic carbocycles. The summed E-state index contributed by atoms with van der Waals surface area (Å²) < 4.78 is 0.806. The third-order valence-electron chi connectivity index (χ3n) is 2.43. The molecule has 2 aromatic heterocycles. The highest BCUT2D eigenvalue weighted by Gasteiger charge is 2.07. The van der Waals surface area contributed by atoms with Gasteiger partial charge in [0.25, 0.3) is 0 Å². The molecule has 2 nitrogen and oxygen atoms in total. The molecule has 0 fully saturated rings. The molecule has 0 bridgehead atoms. The van der Waals surface area contributed by atoms with Crippen LogP contribution in [0.3, 0.4) is 0 Å². The predicted molar refractivity (Wildman–Crippen MR) is 68.4 cm³/mol. The fourth-order valence-electron chi connectivity index (χ4n) is 1.68. The van der Waals surface area contributed by atoms with Crippen LogP contribution in [-0.4, -0.2) is 4.98 Å². The Morgan fingerprint density at radius 1 is 1.12 bits per heavy atom. The first-order valence-electron chi connectivity index (χ1n) is 4.73. The Hall–Kier alpha value is -1.45. The van der Waals surface area contributed by atoms with Gasteiger partial charge in [0.1, 0.15) is 4.83 Å². The van der Waals surface area contributed by atoms with Crippen LogP contribution >= 0.6 is 22.9 Å². The van der Waals surface area contributed by atoms with E-state index < -0.39 is 0 Å². The zero-order valence-electron chi connectivity index (χ0n) is 8.11. The summed E-state index contributed by atoms with van der Waals surface area (Å²) >= 11 is 7.52. The molecule has 0 aliphatic heterocycles. The summed E-state index contributed by atoms with van der Waals surface area (Å²) in [6.45, 7) is 0. The van der Waals surface area contributed by atoms with E-state index in [4.69, 9.17) is 11.6 Å². The fourth-order valence-corrected chi connectivity index (χ4v) is 2.98. The lowest BCUT2D eigenvalue weighted by atomic mass is 10.2. The number of hydrogen-bond donors (Lipinski definition) is 0. The van der Waals surface area contributed by atoms with Crippen LogP contribution in [0, 0.1) is 0 Å². The average molecular weight is 248 g/mol. The third kappa shape index (κ3) is 1.32. The minimum absolute atomic E-state index is 0.000602. The maximum atomic E-state index is 12.1. The number of rotatable bonds is 0. The number of benzene rings is 1. The van der Waals surface area contributed by atoms with Crippen molar-refractivity contribution in [2.24, 2.45) is 0 Å². The van der Waals surface area contributed by atoms with E-state index in [-0.39, 0.29) is 5.43 Å². The molecule has 0 aliphatic rings. The first kappa shape index (κ1) is 9.75. The van der Waals surface area contributed by atoms with Gasteiger partial charge in [-0.2, -0.15) is 0 Å². The van der Waals surface area contributed by atoms with Crippen LogP contribution in [0.4, 0.5) is 0 Å². The highest BCUT2D eigenvalue weighted by Crippen LogP contribution is 2.28. The normalized spacial score (nSPS) is 11.1. The third-order valence-corrected chi connectivity index (χ3v) is 4.02. The van der Waals surface area contributed by atoms with E-state index in [0.717, 1.165) is 9.53 Å². The van der Waals surface area contributed by atoms with E-state index in [1.54, 1.807) is 36.5 Å². The number of fused-ring (bicyclic) bond motifs is 2. The Morgan fingerprint density at radius 2 is 1.94 bits per heavy atom. The minimum atomic E-state index is -0.000602. The molecule has 4 heteroatoms. The SMILES string of the molecule is O=c1c2cccnc2sc2c(Cl)cccc12. The average Bonchev–Trinajstić information content (AvgIpc) is 2.31. The summed E-state index contributed by atoms with van der Waals surface area (Å²) in [4.78, 5) is 17.1. The Morgan fingerprint density at radius 3 is 2.81 bits per heavy atom. The lowest BCUT2D eigenvalue weighted by Crippen LogP contribution is -2.01. The zero-order valence-corrected chi connectivity index (χ0v) is 9.68. The van der Waals surface area contributed by atoms with Gasteiger partial charge in [-0.1, -0.05) is 17.7 Å². The second kappa shape index (κ2) is 3.54. The van der Waals surface area contributed by atoms with Gasteiger partial charge in [0.05, 0.1) is 15.1 Å². The summed E-state index contributed by atoms with van der Waals surface area (Å²) in [6, 6.07) is 8.94. The number of aromatic nitrogens is 1. The highest BCUT2D eigenvalue weighted by atomic mass is 35.5. The smallest absolute Gasteiger partial charge is 0.197 e. The van der Waals surface area contributed by atoms with E-state index in [1.165, 1.54) is 11.3 Å². The van der Waals surface area contributed by atoms with Crippen molar-refractivity contribution >= 4 is 43.2 Å². The summed E-state index contributed by atoms with van der Waals surface area (Å²) in [5.41, 5.74) is -0.000602. The molecule has 0 saturated carbocycles. The molecule has 0 N–H and O–H groups in total. The topological polar surface area (TPSA) is 30.0 Å². The number of nitrogens with zero attached hydrogens (tertiary/aromatic N) is 1. The first-order chi connectivity index (χ1) is 7.77. The zero-order chi connectivity index (χ0) is 11.1. The van der Waals surface area contributed by atoms with Gasteiger partial charge in [0, 0.05) is 11.6 Å². The Balaban J connectivity index is 2.67. The largest absolute Gasteiger partial charge is 0.288 e. The van der Waals surface area contributed by atoms with Crippen LogP contribution < -0.4 is 5.43 Å². The molecule has 0 unspecified atom stereocenters. The molecular weight excluding hydrogens is 242 g/mol. The van der Waals surface area contributed by atoms with Crippen LogP contribution in [0.1, 0.15) is 0 Å². The van der Waals surface area contributed by atoms with E-state index in [1.807, 2.05) is 0 Å². The second-order valence-electron chi connectivity index (χ2n) is 3.40. The van der Waals surface area contributed by atoms with Crippen LogP contribution in [0.25, 0.3) is 20.3 Å². The van der Waals surface area contributed by atoms with Crippen molar-refractivity contribution in [3.8, 4) is 0 Å². The van der Waals surface area contributed by atoms with Gasteiger partial charge >= 0.3 is 0 Å². The van der Waals surface area contributed by atoms with Crippen molar-refractivity contribution in [1.82, 2.24) is 4.98 Å². The highest BCUT2D eigenvalue weighted by molar-refractivity contribution is 7.24. The lowest BCUT2D eigenvalue weighted by Gasteiger charge is -2.00. The molecule has 0 radical (unpaired) electrons. The first-order valence-corrected chi connectivity index (χ1v) is 5.93. The quantitative estimate of drug-likeness (QED) is 0.570. The molecule has 0 saturated heterocycles. The molecule has 16 heavy (non-hydrogen) atoms. The Kier molecular flexibility index (Phi) is 2.16. The maximum absolute atomic E-state index is 12.1. The second-order valence-corrected chi connectivity index (χ2v) is 4.81. The summed E-state index contributed by atoms with van der Waals surface area (Å²) in [7, 11) is 0. The molecule has 78 valence electrons. The summed E-state index contributed by atoms with van der Waals surface area (Å²) in [6.07, 6.45) is 1.68. The number of pyridine rings is 1. The molecule has 2 heterocycles. The predicted octanol–water partition coefficient (Wildman–Crippen LogP) is 3.46. The van der Waals surface area contributed by atoms with Crippen molar-refractivity contribution in [3.05, 3.63) is 51.8 Å². The number of halogens is 1. The van der Waals surface area contributed by atoms with Crippen molar-refractivity contribution in [3.63, 3.8) is 0 Å². The Labute approximate surface area is 100 Å². The molecule has 0 amide bonds. The lowest BCUT2D eigenvalue weighted by molar-refractivity contribution is 1.44. The van der Waals surface area contributed by atoms with Gasteiger partial charge in [-0.05, 0) is 24.3 Å². The molecule has 3 aromatic rings. The summed E-state index contributed by atoms with van der Waals surface area (Å²) in [5, 5.41) is 1.92. The van der Waals surface area contributed by atoms with Crippen molar-refractivity contribution in [2.45, 2.75) is 0 Å². The molecule has 3 rings (SSSR count). The molecule has 0 aliphatic carbocycles. The van der Waals surface area contributed by atoms with E-state index >= 15 is 0 Å². The van der Waals surface area contributed by atoms with Gasteiger partial charge in [-0.3, -0.25) is 4.79 Å². The molecule has 0 atom stereocenters. The van der Waals surface area contributed by atoms with E-state index in [9.17, 15) is 4.79 Å². The van der Waals surface area contributed by atoms with Crippen LogP contribution in [0.15, 0.2) is 41.3 Å². The van der Waals surface area contributed by atoms with Crippen molar-refractivity contribution in [2.75, 3.05) is 0 Å².